The van der Waals surface area contributed by atoms with Crippen molar-refractivity contribution in [1.82, 2.24) is 10.9 Å². The molecule has 2 amide bonds. The molecule has 9 heteroatoms. The normalized spacial score (nSPS) is 9.92. The zero-order valence-electron chi connectivity index (χ0n) is 12.4. The first-order valence-corrected chi connectivity index (χ1v) is 6.61. The molecule has 0 spiro atoms. The first-order valence-electron chi connectivity index (χ1n) is 6.61. The molecule has 0 aliphatic rings. The second-order valence-electron chi connectivity index (χ2n) is 4.56. The summed E-state index contributed by atoms with van der Waals surface area (Å²) < 4.78 is 18.3. The van der Waals surface area contributed by atoms with Crippen molar-refractivity contribution in [2.45, 2.75) is 0 Å². The van der Waals surface area contributed by atoms with Crippen LogP contribution in [0.25, 0.3) is 0 Å². The Morgan fingerprint density at radius 2 is 1.58 bits per heavy atom. The molecule has 0 aliphatic heterocycles. The van der Waals surface area contributed by atoms with E-state index in [-0.39, 0.29) is 22.6 Å². The van der Waals surface area contributed by atoms with Crippen molar-refractivity contribution in [3.05, 3.63) is 69.5 Å². The van der Waals surface area contributed by atoms with Gasteiger partial charge in [-0.05, 0) is 30.3 Å². The Balaban J connectivity index is 1.99. The molecule has 124 valence electrons. The number of hydrogen-bond donors (Lipinski definition) is 2. The van der Waals surface area contributed by atoms with Gasteiger partial charge in [0.25, 0.3) is 17.5 Å². The van der Waals surface area contributed by atoms with Crippen LogP contribution >= 0.6 is 0 Å². The van der Waals surface area contributed by atoms with Crippen molar-refractivity contribution < 1.29 is 23.6 Å². The molecule has 8 nitrogen and oxygen atoms in total. The Kier molecular flexibility index (Phi) is 5.05. The lowest BCUT2D eigenvalue weighted by Crippen LogP contribution is -2.41. The fourth-order valence-corrected chi connectivity index (χ4v) is 1.80. The van der Waals surface area contributed by atoms with E-state index < -0.39 is 22.6 Å². The van der Waals surface area contributed by atoms with Gasteiger partial charge in [0.1, 0.15) is 0 Å². The van der Waals surface area contributed by atoms with E-state index >= 15 is 0 Å². The highest BCUT2D eigenvalue weighted by atomic mass is 19.1. The molecular weight excluding hydrogens is 321 g/mol. The van der Waals surface area contributed by atoms with E-state index in [9.17, 15) is 24.1 Å². The third-order valence-electron chi connectivity index (χ3n) is 3.04. The Morgan fingerprint density at radius 3 is 2.08 bits per heavy atom. The smallest absolute Gasteiger partial charge is 0.269 e. The van der Waals surface area contributed by atoms with Crippen molar-refractivity contribution in [3.8, 4) is 5.75 Å². The molecule has 0 aliphatic carbocycles. The molecule has 0 bridgehead atoms. The van der Waals surface area contributed by atoms with Gasteiger partial charge < -0.3 is 4.74 Å². The number of ether oxygens (including phenoxy) is 1. The minimum absolute atomic E-state index is 0.0125. The molecule has 0 radical (unpaired) electrons. The summed E-state index contributed by atoms with van der Waals surface area (Å²) in [5.41, 5.74) is 4.19. The molecule has 0 saturated heterocycles. The van der Waals surface area contributed by atoms with E-state index in [2.05, 4.69) is 10.9 Å². The van der Waals surface area contributed by atoms with E-state index in [0.717, 1.165) is 18.2 Å². The summed E-state index contributed by atoms with van der Waals surface area (Å²) in [6, 6.07) is 8.38. The summed E-state index contributed by atoms with van der Waals surface area (Å²) >= 11 is 0. The lowest BCUT2D eigenvalue weighted by atomic mass is 10.2. The lowest BCUT2D eigenvalue weighted by molar-refractivity contribution is -0.384. The fraction of sp³-hybridized carbons (Fsp3) is 0.0667. The predicted octanol–water partition coefficient (Wildman–Crippen LogP) is 1.82. The molecule has 24 heavy (non-hydrogen) atoms. The number of nitrogens with one attached hydrogen (secondary N) is 2. The van der Waals surface area contributed by atoms with E-state index in [1.165, 1.54) is 31.4 Å². The number of methoxy groups -OCH3 is 1. The van der Waals surface area contributed by atoms with Crippen LogP contribution in [0.5, 0.6) is 5.75 Å². The van der Waals surface area contributed by atoms with Crippen LogP contribution in [-0.2, 0) is 0 Å². The van der Waals surface area contributed by atoms with Crippen molar-refractivity contribution in [2.24, 2.45) is 0 Å². The number of hydrazine groups is 1. The third kappa shape index (κ3) is 3.83. The maximum Gasteiger partial charge on any atom is 0.269 e. The van der Waals surface area contributed by atoms with Gasteiger partial charge in [-0.2, -0.15) is 0 Å². The second-order valence-corrected chi connectivity index (χ2v) is 4.56. The first-order chi connectivity index (χ1) is 11.4. The molecule has 0 fully saturated rings. The van der Waals surface area contributed by atoms with Crippen molar-refractivity contribution >= 4 is 17.5 Å². The van der Waals surface area contributed by atoms with Gasteiger partial charge in [-0.15, -0.1) is 0 Å². The maximum absolute atomic E-state index is 13.5. The topological polar surface area (TPSA) is 111 Å². The van der Waals surface area contributed by atoms with Crippen LogP contribution in [0.3, 0.4) is 0 Å². The number of carbonyl (C=O) groups excluding carboxylic acids is 2. The molecule has 0 aromatic heterocycles. The van der Waals surface area contributed by atoms with Crippen molar-refractivity contribution in [1.29, 1.82) is 0 Å². The molecule has 2 aromatic carbocycles. The highest BCUT2D eigenvalue weighted by molar-refractivity contribution is 5.99. The van der Waals surface area contributed by atoms with Gasteiger partial charge in [0.05, 0.1) is 12.0 Å². The average molecular weight is 333 g/mol. The number of nitro benzene ring substituents is 1. The number of non-ortho nitro benzene ring substituents is 1. The molecule has 0 heterocycles. The Labute approximate surface area is 135 Å². The van der Waals surface area contributed by atoms with Crippen LogP contribution in [0.2, 0.25) is 0 Å². The second kappa shape index (κ2) is 7.18. The van der Waals surface area contributed by atoms with Gasteiger partial charge >= 0.3 is 0 Å². The quantitative estimate of drug-likeness (QED) is 0.655. The highest BCUT2D eigenvalue weighted by Crippen LogP contribution is 2.17. The number of nitrogens with zero attached hydrogens (tertiary/aromatic N) is 1. The van der Waals surface area contributed by atoms with Crippen LogP contribution in [0.1, 0.15) is 20.7 Å². The molecule has 0 atom stereocenters. The van der Waals surface area contributed by atoms with Gasteiger partial charge in [-0.3, -0.25) is 30.6 Å². The van der Waals surface area contributed by atoms with E-state index in [1.807, 2.05) is 0 Å². The van der Waals surface area contributed by atoms with Gasteiger partial charge in [-0.25, -0.2) is 4.39 Å². The Bertz CT molecular complexity index is 792. The number of halogens is 1. The molecule has 0 unspecified atom stereocenters. The number of hydrogen-bond acceptors (Lipinski definition) is 5. The van der Waals surface area contributed by atoms with Crippen molar-refractivity contribution in [3.63, 3.8) is 0 Å². The fourth-order valence-electron chi connectivity index (χ4n) is 1.80. The zero-order valence-corrected chi connectivity index (χ0v) is 12.4. The van der Waals surface area contributed by atoms with Crippen LogP contribution in [0, 0.1) is 15.9 Å². The molecule has 0 saturated carbocycles. The third-order valence-corrected chi connectivity index (χ3v) is 3.04. The van der Waals surface area contributed by atoms with Crippen molar-refractivity contribution in [2.75, 3.05) is 7.11 Å². The van der Waals surface area contributed by atoms with Crippen LogP contribution < -0.4 is 15.6 Å². The van der Waals surface area contributed by atoms with Gasteiger partial charge in [0, 0.05) is 23.3 Å². The summed E-state index contributed by atoms with van der Waals surface area (Å²) in [5.74, 6) is -2.13. The van der Waals surface area contributed by atoms with Crippen LogP contribution in [-0.4, -0.2) is 23.8 Å². The van der Waals surface area contributed by atoms with Crippen LogP contribution in [0.15, 0.2) is 42.5 Å². The molecular formula is C15H12FN3O5. The molecule has 2 N–H and O–H groups in total. The summed E-state index contributed by atoms with van der Waals surface area (Å²) in [4.78, 5) is 33.6. The minimum atomic E-state index is -0.730. The summed E-state index contributed by atoms with van der Waals surface area (Å²) in [6.07, 6.45) is 0. The number of rotatable bonds is 4. The number of benzene rings is 2. The number of nitro groups is 1. The highest BCUT2D eigenvalue weighted by Gasteiger charge is 2.13. The SMILES string of the molecule is COc1ccc(C(=O)NNC(=O)c2ccc([N+](=O)[O-])cc2)cc1F. The minimum Gasteiger partial charge on any atom is -0.494 e. The summed E-state index contributed by atoms with van der Waals surface area (Å²) in [6.45, 7) is 0. The summed E-state index contributed by atoms with van der Waals surface area (Å²) in [5, 5.41) is 10.5. The average Bonchev–Trinajstić information content (AvgIpc) is 2.59. The van der Waals surface area contributed by atoms with Gasteiger partial charge in [0.15, 0.2) is 11.6 Å². The van der Waals surface area contributed by atoms with Gasteiger partial charge in [-0.1, -0.05) is 0 Å². The predicted molar refractivity (Wildman–Crippen MR) is 81.0 cm³/mol. The van der Waals surface area contributed by atoms with E-state index in [0.29, 0.717) is 0 Å². The van der Waals surface area contributed by atoms with Gasteiger partial charge in [0.2, 0.25) is 0 Å². The molecule has 2 aromatic rings. The monoisotopic (exact) mass is 333 g/mol. The van der Waals surface area contributed by atoms with E-state index in [4.69, 9.17) is 4.74 Å². The Hall–Kier alpha value is -3.49. The lowest BCUT2D eigenvalue weighted by Gasteiger charge is -2.08. The number of amides is 2. The molecule has 2 rings (SSSR count). The first kappa shape index (κ1) is 16.9. The Morgan fingerprint density at radius 1 is 1.04 bits per heavy atom. The van der Waals surface area contributed by atoms with Crippen LogP contribution in [0.4, 0.5) is 10.1 Å². The summed E-state index contributed by atoms with van der Waals surface area (Å²) in [7, 11) is 1.29. The largest absolute Gasteiger partial charge is 0.494 e. The number of carbonyl (C=O) groups is 2. The zero-order chi connectivity index (χ0) is 17.7. The van der Waals surface area contributed by atoms with E-state index in [1.54, 1.807) is 0 Å². The maximum atomic E-state index is 13.5. The standard InChI is InChI=1S/C15H12FN3O5/c1-24-13-7-4-10(8-12(13)16)15(21)18-17-14(20)9-2-5-11(6-3-9)19(22)23/h2-8H,1H3,(H,17,20)(H,18,21).